The lowest BCUT2D eigenvalue weighted by atomic mass is 9.93. The van der Waals surface area contributed by atoms with Crippen molar-refractivity contribution >= 4 is 11.8 Å². The predicted molar refractivity (Wildman–Crippen MR) is 132 cm³/mol. The van der Waals surface area contributed by atoms with Gasteiger partial charge in [0, 0.05) is 9.79 Å². The van der Waals surface area contributed by atoms with Crippen molar-refractivity contribution in [3.63, 3.8) is 0 Å². The van der Waals surface area contributed by atoms with Gasteiger partial charge in [0.05, 0.1) is 0 Å². The Labute approximate surface area is 190 Å². The number of ether oxygens (including phenoxy) is 1. The average Bonchev–Trinajstić information content (AvgIpc) is 2.78. The van der Waals surface area contributed by atoms with E-state index in [1.165, 1.54) is 32.0 Å². The maximum absolute atomic E-state index is 5.92. The van der Waals surface area contributed by atoms with Gasteiger partial charge in [-0.2, -0.15) is 0 Å². The van der Waals surface area contributed by atoms with Gasteiger partial charge < -0.3 is 4.74 Å². The molecular formula is C29H28OS. The molecule has 0 saturated carbocycles. The minimum Gasteiger partial charge on any atom is -0.457 e. The quantitative estimate of drug-likeness (QED) is 0.294. The summed E-state index contributed by atoms with van der Waals surface area (Å²) in [4.78, 5) is 2.45. The summed E-state index contributed by atoms with van der Waals surface area (Å²) in [6.07, 6.45) is 1.05. The fourth-order valence-electron chi connectivity index (χ4n) is 3.51. The molecule has 0 aromatic heterocycles. The highest BCUT2D eigenvalue weighted by atomic mass is 32.2. The predicted octanol–water partition coefficient (Wildman–Crippen LogP) is 8.59. The zero-order valence-electron chi connectivity index (χ0n) is 18.3. The molecule has 0 aliphatic rings. The molecule has 0 aliphatic heterocycles. The van der Waals surface area contributed by atoms with Gasteiger partial charge in [-0.25, -0.2) is 0 Å². The Bertz CT molecular complexity index is 1100. The van der Waals surface area contributed by atoms with Crippen molar-refractivity contribution in [1.82, 2.24) is 0 Å². The smallest absolute Gasteiger partial charge is 0.127 e. The van der Waals surface area contributed by atoms with E-state index in [9.17, 15) is 0 Å². The molecule has 1 atom stereocenters. The van der Waals surface area contributed by atoms with Crippen LogP contribution < -0.4 is 4.74 Å². The van der Waals surface area contributed by atoms with E-state index in [4.69, 9.17) is 4.74 Å². The van der Waals surface area contributed by atoms with E-state index >= 15 is 0 Å². The van der Waals surface area contributed by atoms with Crippen LogP contribution in [-0.4, -0.2) is 0 Å². The fraction of sp³-hybridized carbons (Fsp3) is 0.172. The van der Waals surface area contributed by atoms with Gasteiger partial charge in [-0.1, -0.05) is 78.3 Å². The molecule has 0 radical (unpaired) electrons. The molecule has 0 amide bonds. The number of aryl methyl sites for hydroxylation is 2. The Hall–Kier alpha value is -2.97. The lowest BCUT2D eigenvalue weighted by molar-refractivity contribution is 0.482. The number of benzene rings is 4. The van der Waals surface area contributed by atoms with Crippen LogP contribution in [0.2, 0.25) is 0 Å². The van der Waals surface area contributed by atoms with Crippen LogP contribution in [-0.2, 0) is 6.42 Å². The summed E-state index contributed by atoms with van der Waals surface area (Å²) in [5.41, 5.74) is 5.32. The highest BCUT2D eigenvalue weighted by Crippen LogP contribution is 2.31. The van der Waals surface area contributed by atoms with Gasteiger partial charge in [0.25, 0.3) is 0 Å². The minimum absolute atomic E-state index is 0.514. The number of hydrogen-bond donors (Lipinski definition) is 0. The zero-order chi connectivity index (χ0) is 21.6. The Morgan fingerprint density at radius 3 is 1.61 bits per heavy atom. The molecule has 0 saturated heterocycles. The van der Waals surface area contributed by atoms with Crippen LogP contribution in [0, 0.1) is 13.8 Å². The Morgan fingerprint density at radius 1 is 0.613 bits per heavy atom. The first kappa shape index (κ1) is 21.3. The van der Waals surface area contributed by atoms with Gasteiger partial charge in [0.15, 0.2) is 0 Å². The van der Waals surface area contributed by atoms with Crippen LogP contribution in [0.1, 0.15) is 35.1 Å². The lowest BCUT2D eigenvalue weighted by Crippen LogP contribution is -1.98. The zero-order valence-corrected chi connectivity index (χ0v) is 19.2. The normalized spacial score (nSPS) is 11.8. The fourth-order valence-corrected chi connectivity index (χ4v) is 4.33. The van der Waals surface area contributed by atoms with E-state index in [-0.39, 0.29) is 0 Å². The van der Waals surface area contributed by atoms with Crippen molar-refractivity contribution in [2.24, 2.45) is 0 Å². The Morgan fingerprint density at radius 2 is 1.06 bits per heavy atom. The van der Waals surface area contributed by atoms with Crippen LogP contribution >= 0.6 is 11.8 Å². The molecule has 0 bridgehead atoms. The molecule has 156 valence electrons. The molecule has 1 unspecified atom stereocenters. The third-order valence-electron chi connectivity index (χ3n) is 5.43. The summed E-state index contributed by atoms with van der Waals surface area (Å²) in [6, 6.07) is 34.2. The van der Waals surface area contributed by atoms with Gasteiger partial charge in [0.1, 0.15) is 11.5 Å². The molecule has 4 aromatic rings. The molecule has 0 fully saturated rings. The highest BCUT2D eigenvalue weighted by Gasteiger charge is 2.07. The second kappa shape index (κ2) is 9.89. The van der Waals surface area contributed by atoms with Crippen molar-refractivity contribution in [3.8, 4) is 11.5 Å². The van der Waals surface area contributed by atoms with Crippen molar-refractivity contribution in [2.75, 3.05) is 0 Å². The van der Waals surface area contributed by atoms with E-state index in [1.54, 1.807) is 11.8 Å². The van der Waals surface area contributed by atoms with Crippen molar-refractivity contribution < 1.29 is 4.74 Å². The van der Waals surface area contributed by atoms with Crippen LogP contribution in [0.3, 0.4) is 0 Å². The standard InChI is InChI=1S/C29H28OS/c1-21-4-10-25(11-5-21)23(3)20-24-8-16-28(17-9-24)31-29-18-14-27(15-19-29)30-26-12-6-22(2)7-13-26/h4-19,23H,20H2,1-3H3. The van der Waals surface area contributed by atoms with E-state index < -0.39 is 0 Å². The largest absolute Gasteiger partial charge is 0.457 e. The summed E-state index contributed by atoms with van der Waals surface area (Å²) < 4.78 is 5.92. The topological polar surface area (TPSA) is 9.23 Å². The molecular weight excluding hydrogens is 396 g/mol. The van der Waals surface area contributed by atoms with Gasteiger partial charge in [-0.3, -0.25) is 0 Å². The van der Waals surface area contributed by atoms with Crippen LogP contribution in [0.25, 0.3) is 0 Å². The van der Waals surface area contributed by atoms with Crippen LogP contribution in [0.15, 0.2) is 107 Å². The molecule has 4 rings (SSSR count). The summed E-state index contributed by atoms with van der Waals surface area (Å²) in [5, 5.41) is 0. The Balaban J connectivity index is 1.34. The first-order valence-corrected chi connectivity index (χ1v) is 11.5. The summed E-state index contributed by atoms with van der Waals surface area (Å²) in [5.74, 6) is 2.23. The monoisotopic (exact) mass is 424 g/mol. The van der Waals surface area contributed by atoms with E-state index in [2.05, 4.69) is 93.6 Å². The minimum atomic E-state index is 0.514. The molecule has 4 aromatic carbocycles. The molecule has 0 spiro atoms. The number of hydrogen-bond acceptors (Lipinski definition) is 2. The first-order chi connectivity index (χ1) is 15.0. The van der Waals surface area contributed by atoms with Gasteiger partial charge in [0.2, 0.25) is 0 Å². The average molecular weight is 425 g/mol. The summed E-state index contributed by atoms with van der Waals surface area (Å²) in [6.45, 7) is 6.51. The van der Waals surface area contributed by atoms with E-state index in [0.29, 0.717) is 5.92 Å². The van der Waals surface area contributed by atoms with Crippen molar-refractivity contribution in [3.05, 3.63) is 119 Å². The first-order valence-electron chi connectivity index (χ1n) is 10.7. The molecule has 0 heterocycles. The van der Waals surface area contributed by atoms with Gasteiger partial charge >= 0.3 is 0 Å². The molecule has 0 aliphatic carbocycles. The van der Waals surface area contributed by atoms with Crippen LogP contribution in [0.4, 0.5) is 0 Å². The van der Waals surface area contributed by atoms with E-state index in [0.717, 1.165) is 17.9 Å². The lowest BCUT2D eigenvalue weighted by Gasteiger charge is -2.13. The van der Waals surface area contributed by atoms with Gasteiger partial charge in [-0.15, -0.1) is 0 Å². The second-order valence-electron chi connectivity index (χ2n) is 8.15. The molecule has 2 heteroatoms. The maximum atomic E-state index is 5.92. The highest BCUT2D eigenvalue weighted by molar-refractivity contribution is 7.99. The maximum Gasteiger partial charge on any atom is 0.127 e. The SMILES string of the molecule is Cc1ccc(Oc2ccc(Sc3ccc(CC(C)c4ccc(C)cc4)cc3)cc2)cc1. The van der Waals surface area contributed by atoms with Crippen molar-refractivity contribution in [1.29, 1.82) is 0 Å². The Kier molecular flexibility index (Phi) is 6.79. The molecule has 31 heavy (non-hydrogen) atoms. The van der Waals surface area contributed by atoms with E-state index in [1.807, 2.05) is 24.3 Å². The third-order valence-corrected chi connectivity index (χ3v) is 6.44. The molecule has 0 N–H and O–H groups in total. The molecule has 1 nitrogen and oxygen atoms in total. The third kappa shape index (κ3) is 6.02. The summed E-state index contributed by atoms with van der Waals surface area (Å²) >= 11 is 1.77. The number of rotatable bonds is 7. The van der Waals surface area contributed by atoms with Gasteiger partial charge in [-0.05, 0) is 85.8 Å². The second-order valence-corrected chi connectivity index (χ2v) is 9.30. The summed E-state index contributed by atoms with van der Waals surface area (Å²) in [7, 11) is 0. The van der Waals surface area contributed by atoms with Crippen molar-refractivity contribution in [2.45, 2.75) is 42.9 Å². The van der Waals surface area contributed by atoms with Crippen LogP contribution in [0.5, 0.6) is 11.5 Å².